The molecule has 0 aliphatic heterocycles. The Labute approximate surface area is 110 Å². The Morgan fingerprint density at radius 3 is 2.28 bits per heavy atom. The van der Waals surface area contributed by atoms with Gasteiger partial charge in [-0.25, -0.2) is 0 Å². The van der Waals surface area contributed by atoms with E-state index in [1.165, 1.54) is 12.8 Å². The van der Waals surface area contributed by atoms with Crippen LogP contribution >= 0.6 is 7.94 Å². The first kappa shape index (κ1) is 15.6. The van der Waals surface area contributed by atoms with Gasteiger partial charge in [-0.2, -0.15) is 14.7 Å². The predicted octanol–water partition coefficient (Wildman–Crippen LogP) is 2.81. The van der Waals surface area contributed by atoms with E-state index < -0.39 is 7.94 Å². The molecule has 102 valence electrons. The summed E-state index contributed by atoms with van der Waals surface area (Å²) in [5.41, 5.74) is 0.850. The van der Waals surface area contributed by atoms with E-state index in [4.69, 9.17) is 0 Å². The number of benzene rings is 1. The molecule has 0 aromatic heterocycles. The molecule has 0 heterocycles. The Bertz CT molecular complexity index is 358. The minimum Gasteiger partial charge on any atom is -0.189 e. The van der Waals surface area contributed by atoms with Crippen molar-refractivity contribution in [2.75, 3.05) is 0 Å². The third-order valence-electron chi connectivity index (χ3n) is 3.04. The molecule has 0 fully saturated rings. The lowest BCUT2D eigenvalue weighted by molar-refractivity contribution is 0.346. The van der Waals surface area contributed by atoms with Crippen LogP contribution in [0.2, 0.25) is 0 Å². The van der Waals surface area contributed by atoms with Crippen molar-refractivity contribution in [3.8, 4) is 0 Å². The molecule has 0 bridgehead atoms. The molecule has 0 atom stereocenters. The van der Waals surface area contributed by atoms with Crippen LogP contribution in [0.1, 0.15) is 45.1 Å². The molecule has 3 nitrogen and oxygen atoms in total. The molecule has 0 spiro atoms. The molecule has 0 saturated carbocycles. The molecule has 0 amide bonds. The minimum absolute atomic E-state index is 0.300. The van der Waals surface area contributed by atoms with Crippen LogP contribution in [-0.2, 0) is 6.42 Å². The van der Waals surface area contributed by atoms with Crippen LogP contribution in [0.5, 0.6) is 0 Å². The summed E-state index contributed by atoms with van der Waals surface area (Å²) in [6.45, 7) is 4.44. The maximum atomic E-state index is 9.37. The van der Waals surface area contributed by atoms with Gasteiger partial charge >= 0.3 is 7.94 Å². The first-order valence-electron chi connectivity index (χ1n) is 6.57. The standard InChI is InChI=1S/C14H24O3P/c1-12(2)8-4-3-5-9-13-10-6-7-11-14(13)18(15,16)17/h6-7,10-12,15-17H,3-5,8-9H2,1-2H3/q+1. The van der Waals surface area contributed by atoms with Crippen LogP contribution in [0.15, 0.2) is 24.3 Å². The third kappa shape index (κ3) is 5.45. The van der Waals surface area contributed by atoms with Crippen LogP contribution in [0.25, 0.3) is 0 Å². The van der Waals surface area contributed by atoms with Gasteiger partial charge in [-0.3, -0.25) is 0 Å². The van der Waals surface area contributed by atoms with E-state index in [1.807, 2.05) is 12.1 Å². The summed E-state index contributed by atoms with van der Waals surface area (Å²) in [6.07, 6.45) is 5.39. The number of aryl methyl sites for hydroxylation is 1. The lowest BCUT2D eigenvalue weighted by Gasteiger charge is -2.09. The number of unbranched alkanes of at least 4 members (excludes halogenated alkanes) is 2. The van der Waals surface area contributed by atoms with Gasteiger partial charge < -0.3 is 0 Å². The fourth-order valence-corrected chi connectivity index (χ4v) is 2.92. The zero-order chi connectivity index (χ0) is 13.6. The molecule has 0 aliphatic rings. The second-order valence-corrected chi connectivity index (χ2v) is 6.81. The van der Waals surface area contributed by atoms with E-state index in [0.717, 1.165) is 30.7 Å². The van der Waals surface area contributed by atoms with Crippen molar-refractivity contribution in [2.45, 2.75) is 46.0 Å². The van der Waals surface area contributed by atoms with Crippen molar-refractivity contribution in [3.05, 3.63) is 29.8 Å². The molecule has 4 heteroatoms. The number of hydrogen-bond donors (Lipinski definition) is 3. The van der Waals surface area contributed by atoms with Crippen molar-refractivity contribution in [1.82, 2.24) is 0 Å². The van der Waals surface area contributed by atoms with Crippen molar-refractivity contribution in [2.24, 2.45) is 5.92 Å². The highest BCUT2D eigenvalue weighted by molar-refractivity contribution is 7.66. The Balaban J connectivity index is 2.47. The fraction of sp³-hybridized carbons (Fsp3) is 0.571. The zero-order valence-corrected chi connectivity index (χ0v) is 12.1. The van der Waals surface area contributed by atoms with Gasteiger partial charge in [-0.05, 0) is 24.8 Å². The van der Waals surface area contributed by atoms with Gasteiger partial charge in [0.05, 0.1) is 0 Å². The number of rotatable bonds is 7. The summed E-state index contributed by atoms with van der Waals surface area (Å²) in [4.78, 5) is 28.1. The van der Waals surface area contributed by atoms with Gasteiger partial charge in [0.2, 0.25) is 0 Å². The number of hydrogen-bond acceptors (Lipinski definition) is 3. The topological polar surface area (TPSA) is 60.7 Å². The van der Waals surface area contributed by atoms with Gasteiger partial charge in [-0.15, -0.1) is 0 Å². The van der Waals surface area contributed by atoms with E-state index >= 15 is 0 Å². The predicted molar refractivity (Wildman–Crippen MR) is 76.7 cm³/mol. The van der Waals surface area contributed by atoms with Crippen LogP contribution < -0.4 is 5.30 Å². The minimum atomic E-state index is -3.88. The largest absolute Gasteiger partial charge is 0.441 e. The summed E-state index contributed by atoms with van der Waals surface area (Å²) in [5.74, 6) is 0.739. The van der Waals surface area contributed by atoms with E-state index in [2.05, 4.69) is 13.8 Å². The highest BCUT2D eigenvalue weighted by Crippen LogP contribution is 2.44. The maximum absolute atomic E-state index is 9.37. The normalized spacial score (nSPS) is 12.1. The lowest BCUT2D eigenvalue weighted by Crippen LogP contribution is -2.15. The average Bonchev–Trinajstić information content (AvgIpc) is 2.27. The van der Waals surface area contributed by atoms with E-state index in [1.54, 1.807) is 12.1 Å². The highest BCUT2D eigenvalue weighted by atomic mass is 31.2. The summed E-state index contributed by atoms with van der Waals surface area (Å²) in [6, 6.07) is 7.03. The van der Waals surface area contributed by atoms with Gasteiger partial charge in [0.1, 0.15) is 0 Å². The SMILES string of the molecule is CC(C)CCCCCc1ccccc1[P+](O)(O)O. The Morgan fingerprint density at radius 1 is 1.00 bits per heavy atom. The third-order valence-corrected chi connectivity index (χ3v) is 4.13. The monoisotopic (exact) mass is 271 g/mol. The molecule has 1 aromatic rings. The first-order chi connectivity index (χ1) is 8.41. The zero-order valence-electron chi connectivity index (χ0n) is 11.2. The van der Waals surface area contributed by atoms with Gasteiger partial charge in [0.25, 0.3) is 0 Å². The van der Waals surface area contributed by atoms with Crippen molar-refractivity contribution in [3.63, 3.8) is 0 Å². The molecule has 3 N–H and O–H groups in total. The molecule has 0 saturated heterocycles. The van der Waals surface area contributed by atoms with Crippen LogP contribution in [0.3, 0.4) is 0 Å². The Kier molecular flexibility index (Phi) is 6.24. The van der Waals surface area contributed by atoms with E-state index in [-0.39, 0.29) is 0 Å². The summed E-state index contributed by atoms with van der Waals surface area (Å²) >= 11 is 0. The summed E-state index contributed by atoms with van der Waals surface area (Å²) < 4.78 is 0. The van der Waals surface area contributed by atoms with Gasteiger partial charge in [-0.1, -0.05) is 51.3 Å². The van der Waals surface area contributed by atoms with Gasteiger partial charge in [0, 0.05) is 5.56 Å². The van der Waals surface area contributed by atoms with Crippen molar-refractivity contribution >= 4 is 13.2 Å². The highest BCUT2D eigenvalue weighted by Gasteiger charge is 2.36. The average molecular weight is 271 g/mol. The first-order valence-corrected chi connectivity index (χ1v) is 8.21. The maximum Gasteiger partial charge on any atom is 0.441 e. The molecule has 1 aromatic carbocycles. The van der Waals surface area contributed by atoms with Crippen molar-refractivity contribution in [1.29, 1.82) is 0 Å². The molecule has 0 radical (unpaired) electrons. The fourth-order valence-electron chi connectivity index (χ4n) is 2.06. The van der Waals surface area contributed by atoms with Gasteiger partial charge in [0.15, 0.2) is 5.30 Å². The molecule has 18 heavy (non-hydrogen) atoms. The molecule has 0 unspecified atom stereocenters. The molecular weight excluding hydrogens is 247 g/mol. The quantitative estimate of drug-likeness (QED) is 0.528. The molecule has 0 aliphatic carbocycles. The second kappa shape index (κ2) is 7.20. The van der Waals surface area contributed by atoms with E-state index in [9.17, 15) is 14.7 Å². The van der Waals surface area contributed by atoms with Crippen molar-refractivity contribution < 1.29 is 14.7 Å². The van der Waals surface area contributed by atoms with Crippen LogP contribution in [0, 0.1) is 5.92 Å². The molecule has 1 rings (SSSR count). The second-order valence-electron chi connectivity index (χ2n) is 5.19. The Hall–Kier alpha value is -0.470. The summed E-state index contributed by atoms with van der Waals surface area (Å²) in [7, 11) is -3.88. The smallest absolute Gasteiger partial charge is 0.189 e. The lowest BCUT2D eigenvalue weighted by atomic mass is 10.0. The summed E-state index contributed by atoms with van der Waals surface area (Å²) in [5, 5.41) is 0.300. The van der Waals surface area contributed by atoms with E-state index in [0.29, 0.717) is 5.30 Å². The van der Waals surface area contributed by atoms with Crippen LogP contribution in [-0.4, -0.2) is 14.7 Å². The van der Waals surface area contributed by atoms with Crippen LogP contribution in [0.4, 0.5) is 0 Å². The Morgan fingerprint density at radius 2 is 1.67 bits per heavy atom. The molecular formula is C14H24O3P+.